The van der Waals surface area contributed by atoms with Gasteiger partial charge in [0.25, 0.3) is 6.43 Å². The lowest BCUT2D eigenvalue weighted by Gasteiger charge is -2.34. The Morgan fingerprint density at radius 2 is 2.09 bits per heavy atom. The molecular weight excluding hydrogens is 483 g/mol. The quantitative estimate of drug-likeness (QED) is 0.437. The van der Waals surface area contributed by atoms with Crippen LogP contribution in [0.5, 0.6) is 5.75 Å². The van der Waals surface area contributed by atoms with Crippen LogP contribution in [0.1, 0.15) is 11.8 Å². The lowest BCUT2D eigenvalue weighted by Crippen LogP contribution is -2.52. The van der Waals surface area contributed by atoms with Gasteiger partial charge in [-0.1, -0.05) is 18.2 Å². The van der Waals surface area contributed by atoms with Gasteiger partial charge in [0.2, 0.25) is 0 Å². The molecule has 2 aliphatic rings. The number of fused-ring (bicyclic) bond motifs is 2. The van der Waals surface area contributed by atoms with Gasteiger partial charge < -0.3 is 25.2 Å². The van der Waals surface area contributed by atoms with Crippen molar-refractivity contribution in [3.8, 4) is 5.75 Å². The first-order valence-corrected chi connectivity index (χ1v) is 12.2. The minimum atomic E-state index is -3.48. The summed E-state index contributed by atoms with van der Waals surface area (Å²) in [7, 11) is 0. The Labute approximate surface area is 190 Å². The first-order valence-electron chi connectivity index (χ1n) is 9.66. The number of anilines is 1. The zero-order chi connectivity index (χ0) is 23.4. The maximum absolute atomic E-state index is 14.3. The van der Waals surface area contributed by atoms with Gasteiger partial charge in [0, 0.05) is 17.4 Å². The third-order valence-corrected chi connectivity index (χ3v) is 7.66. The summed E-state index contributed by atoms with van der Waals surface area (Å²) < 4.78 is 51.9. The molecule has 0 aliphatic carbocycles. The highest BCUT2D eigenvalue weighted by Crippen LogP contribution is 2.56. The zero-order valence-corrected chi connectivity index (χ0v) is 18.4. The van der Waals surface area contributed by atoms with Crippen LogP contribution in [-0.2, 0) is 32.2 Å². The van der Waals surface area contributed by atoms with Crippen LogP contribution in [0.25, 0.3) is 11.2 Å². The number of nitrogens with zero attached hydrogens (tertiary/aromatic N) is 4. The second kappa shape index (κ2) is 8.17. The summed E-state index contributed by atoms with van der Waals surface area (Å²) in [5, 5.41) is 21.2. The molecule has 1 unspecified atom stereocenters. The van der Waals surface area contributed by atoms with Crippen LogP contribution < -0.4 is 10.3 Å². The highest BCUT2D eigenvalue weighted by Gasteiger charge is 2.61. The molecule has 0 saturated carbocycles. The van der Waals surface area contributed by atoms with E-state index in [2.05, 4.69) is 15.0 Å². The lowest BCUT2D eigenvalue weighted by atomic mass is 9.96. The number of halogens is 2. The third-order valence-electron chi connectivity index (χ3n) is 5.50. The van der Waals surface area contributed by atoms with Crippen LogP contribution in [0.4, 0.5) is 14.6 Å². The van der Waals surface area contributed by atoms with Gasteiger partial charge in [0.05, 0.1) is 19.5 Å². The number of aliphatic hydroxyl groups excluding tert-OH is 2. The summed E-state index contributed by atoms with van der Waals surface area (Å²) in [6, 6.07) is 6.94. The number of para-hydroxylation sites is 1. The van der Waals surface area contributed by atoms with Crippen molar-refractivity contribution in [3.05, 3.63) is 42.5 Å². The number of nitrogen functional groups attached to an aromatic ring is 1. The maximum Gasteiger partial charge on any atom is 0.381 e. The molecule has 1 fully saturated rings. The standard InChI is InChI=1S/C18H18F2N5O6PS/c19-17(20)18(6-29-32(33)28-5-9-3-1-2-4-10(9)31-32)13(27)12(26)16(30-18)25-8-24-11-14(21)22-7-23-15(11)25/h1-4,7-8,12-13,16-17,26-27H,5-6H2,(H2,21,22,23)/t12-,13+,16-,18-,32?/m1/s1. The van der Waals surface area contributed by atoms with Crippen molar-refractivity contribution < 1.29 is 37.3 Å². The molecule has 15 heteroatoms. The molecule has 2 aliphatic heterocycles. The Hall–Kier alpha value is -2.32. The van der Waals surface area contributed by atoms with Gasteiger partial charge in [-0.15, -0.1) is 0 Å². The van der Waals surface area contributed by atoms with Gasteiger partial charge in [-0.2, -0.15) is 0 Å². The van der Waals surface area contributed by atoms with Gasteiger partial charge in [-0.25, -0.2) is 23.7 Å². The van der Waals surface area contributed by atoms with E-state index >= 15 is 0 Å². The van der Waals surface area contributed by atoms with Crippen molar-refractivity contribution in [1.82, 2.24) is 19.5 Å². The summed E-state index contributed by atoms with van der Waals surface area (Å²) in [5.74, 6) is 0.478. The molecule has 1 aromatic carbocycles. The van der Waals surface area contributed by atoms with Crippen LogP contribution in [0, 0.1) is 0 Å². The van der Waals surface area contributed by atoms with Crippen LogP contribution in [0.3, 0.4) is 0 Å². The van der Waals surface area contributed by atoms with E-state index in [1.165, 1.54) is 10.9 Å². The largest absolute Gasteiger partial charge is 0.424 e. The van der Waals surface area contributed by atoms with E-state index in [-0.39, 0.29) is 23.6 Å². The Kier molecular flexibility index (Phi) is 5.56. The molecule has 0 spiro atoms. The molecule has 0 bridgehead atoms. The number of aliphatic hydroxyl groups is 2. The molecule has 0 radical (unpaired) electrons. The minimum Gasteiger partial charge on any atom is -0.424 e. The lowest BCUT2D eigenvalue weighted by molar-refractivity contribution is -0.192. The van der Waals surface area contributed by atoms with Crippen molar-refractivity contribution in [3.63, 3.8) is 0 Å². The third kappa shape index (κ3) is 3.67. The van der Waals surface area contributed by atoms with Crippen molar-refractivity contribution in [2.45, 2.75) is 37.1 Å². The second-order valence-electron chi connectivity index (χ2n) is 7.48. The smallest absolute Gasteiger partial charge is 0.381 e. The predicted octanol–water partition coefficient (Wildman–Crippen LogP) is 1.51. The summed E-state index contributed by atoms with van der Waals surface area (Å²) in [6.45, 7) is -4.31. The zero-order valence-electron chi connectivity index (χ0n) is 16.7. The number of nitrogens with two attached hydrogens (primary N) is 1. The molecule has 11 nitrogen and oxygen atoms in total. The summed E-state index contributed by atoms with van der Waals surface area (Å²) in [4.78, 5) is 11.9. The molecule has 5 atom stereocenters. The number of aromatic nitrogens is 4. The van der Waals surface area contributed by atoms with Crippen molar-refractivity contribution in [2.75, 3.05) is 12.3 Å². The Balaban J connectivity index is 1.42. The molecule has 0 amide bonds. The SMILES string of the molecule is Nc1ncnc2c1ncn2[C@@H]1O[C@@](COP2(=S)OCc3ccccc3O2)(C(F)F)[C@@H](O)[C@H]1O. The molecule has 3 aromatic rings. The van der Waals surface area contributed by atoms with Gasteiger partial charge in [-0.05, 0) is 6.07 Å². The summed E-state index contributed by atoms with van der Waals surface area (Å²) in [6.07, 6.45) is -6.20. The topological polar surface area (TPSA) is 147 Å². The minimum absolute atomic E-state index is 0.0555. The van der Waals surface area contributed by atoms with E-state index in [1.807, 2.05) is 0 Å². The van der Waals surface area contributed by atoms with E-state index in [4.69, 9.17) is 35.8 Å². The first-order chi connectivity index (χ1) is 15.7. The van der Waals surface area contributed by atoms with Gasteiger partial charge in [0.15, 0.2) is 23.3 Å². The fourth-order valence-corrected chi connectivity index (χ4v) is 5.51. The molecule has 1 saturated heterocycles. The second-order valence-corrected chi connectivity index (χ2v) is 10.4. The molecule has 2 aromatic heterocycles. The monoisotopic (exact) mass is 501 g/mol. The highest BCUT2D eigenvalue weighted by molar-refractivity contribution is 8.07. The number of benzene rings is 1. The number of ether oxygens (including phenoxy) is 1. The average molecular weight is 501 g/mol. The van der Waals surface area contributed by atoms with Crippen LogP contribution in [0.2, 0.25) is 0 Å². The maximum atomic E-state index is 14.3. The predicted molar refractivity (Wildman–Crippen MR) is 113 cm³/mol. The number of hydrogen-bond acceptors (Lipinski definition) is 11. The van der Waals surface area contributed by atoms with Crippen molar-refractivity contribution >= 4 is 35.5 Å². The molecule has 176 valence electrons. The molecule has 5 rings (SSSR count). The van der Waals surface area contributed by atoms with Crippen LogP contribution in [0.15, 0.2) is 36.9 Å². The van der Waals surface area contributed by atoms with E-state index in [0.29, 0.717) is 5.75 Å². The summed E-state index contributed by atoms with van der Waals surface area (Å²) in [5.41, 5.74) is 4.17. The van der Waals surface area contributed by atoms with Crippen LogP contribution >= 0.6 is 6.72 Å². The Bertz CT molecular complexity index is 1250. The van der Waals surface area contributed by atoms with E-state index < -0.39 is 43.8 Å². The van der Waals surface area contributed by atoms with Crippen molar-refractivity contribution in [2.24, 2.45) is 0 Å². The average Bonchev–Trinajstić information content (AvgIpc) is 3.33. The molecule has 33 heavy (non-hydrogen) atoms. The fourth-order valence-electron chi connectivity index (χ4n) is 3.70. The fraction of sp³-hybridized carbons (Fsp3) is 0.389. The highest BCUT2D eigenvalue weighted by atomic mass is 32.5. The van der Waals surface area contributed by atoms with E-state index in [1.54, 1.807) is 24.3 Å². The first kappa shape index (κ1) is 22.5. The number of hydrogen-bond donors (Lipinski definition) is 3. The molecular formula is C18H18F2N5O6PS. The summed E-state index contributed by atoms with van der Waals surface area (Å²) >= 11 is 5.31. The Morgan fingerprint density at radius 1 is 1.30 bits per heavy atom. The number of alkyl halides is 2. The number of rotatable bonds is 5. The molecule has 4 heterocycles. The van der Waals surface area contributed by atoms with Crippen LogP contribution in [-0.4, -0.2) is 60.6 Å². The van der Waals surface area contributed by atoms with E-state index in [9.17, 15) is 19.0 Å². The van der Waals surface area contributed by atoms with Crippen molar-refractivity contribution in [1.29, 1.82) is 0 Å². The normalized spacial score (nSPS) is 31.6. The Morgan fingerprint density at radius 3 is 2.88 bits per heavy atom. The van der Waals surface area contributed by atoms with E-state index in [0.717, 1.165) is 11.9 Å². The van der Waals surface area contributed by atoms with Gasteiger partial charge in [0.1, 0.15) is 29.8 Å². The van der Waals surface area contributed by atoms with Gasteiger partial charge in [-0.3, -0.25) is 13.6 Å². The number of imidazole rings is 1. The molecule has 4 N–H and O–H groups in total. The van der Waals surface area contributed by atoms with Gasteiger partial charge >= 0.3 is 6.72 Å².